The van der Waals surface area contributed by atoms with Crippen molar-refractivity contribution in [3.8, 4) is 0 Å². The number of hydrogen-bond acceptors (Lipinski definition) is 4. The van der Waals surface area contributed by atoms with Crippen LogP contribution in [-0.4, -0.2) is 25.8 Å². The number of nitrogens with zero attached hydrogens (tertiary/aromatic N) is 3. The maximum absolute atomic E-state index is 13.0. The van der Waals surface area contributed by atoms with Crippen molar-refractivity contribution in [2.75, 3.05) is 5.32 Å². The van der Waals surface area contributed by atoms with Crippen molar-refractivity contribution in [1.29, 1.82) is 0 Å². The summed E-state index contributed by atoms with van der Waals surface area (Å²) in [6.07, 6.45) is -4.01. The Bertz CT molecular complexity index is 1320. The van der Waals surface area contributed by atoms with Crippen molar-refractivity contribution >= 4 is 39.9 Å². The molecule has 0 spiro atoms. The molecule has 0 bridgehead atoms. The Hall–Kier alpha value is -3.07. The second-order valence-corrected chi connectivity index (χ2v) is 8.73. The van der Waals surface area contributed by atoms with Gasteiger partial charge in [-0.3, -0.25) is 9.20 Å². The lowest BCUT2D eigenvalue weighted by atomic mass is 10.1. The van der Waals surface area contributed by atoms with Gasteiger partial charge >= 0.3 is 6.18 Å². The minimum absolute atomic E-state index is 0.104. The number of nitrogens with one attached hydrogen (secondary N) is 1. The molecular formula is C23H21F3N4OS. The van der Waals surface area contributed by atoms with E-state index in [1.165, 1.54) is 23.9 Å². The topological polar surface area (TPSA) is 59.3 Å². The van der Waals surface area contributed by atoms with Crippen LogP contribution in [0.2, 0.25) is 0 Å². The molecular weight excluding hydrogens is 437 g/mol. The third-order valence-electron chi connectivity index (χ3n) is 5.26. The zero-order valence-electron chi connectivity index (χ0n) is 17.7. The average molecular weight is 459 g/mol. The number of rotatable bonds is 5. The minimum atomic E-state index is -4.48. The smallest absolute Gasteiger partial charge is 0.325 e. The summed E-state index contributed by atoms with van der Waals surface area (Å²) in [6.45, 7) is 5.87. The number of carbonyl (C=O) groups excluding carboxylic acids is 1. The number of aromatic nitrogens is 3. The van der Waals surface area contributed by atoms with Gasteiger partial charge in [-0.25, -0.2) is 0 Å². The summed E-state index contributed by atoms with van der Waals surface area (Å²) < 4.78 is 40.9. The summed E-state index contributed by atoms with van der Waals surface area (Å²) >= 11 is 1.25. The highest BCUT2D eigenvalue weighted by Gasteiger charge is 2.31. The lowest BCUT2D eigenvalue weighted by Crippen LogP contribution is -2.25. The van der Waals surface area contributed by atoms with Crippen LogP contribution < -0.4 is 5.32 Å². The molecule has 9 heteroatoms. The SMILES string of the molecule is CCC(Sc1nnc2cc(C)c3cccc(C)c3n12)C(=O)Nc1cccc(C(F)(F)F)c1. The molecule has 2 aromatic heterocycles. The molecule has 2 heterocycles. The van der Waals surface area contributed by atoms with Crippen molar-refractivity contribution < 1.29 is 18.0 Å². The maximum Gasteiger partial charge on any atom is 0.416 e. The number of pyridine rings is 1. The third kappa shape index (κ3) is 4.17. The molecule has 0 fully saturated rings. The van der Waals surface area contributed by atoms with E-state index in [4.69, 9.17) is 0 Å². The van der Waals surface area contributed by atoms with Crippen LogP contribution in [0.25, 0.3) is 16.6 Å². The van der Waals surface area contributed by atoms with E-state index >= 15 is 0 Å². The molecule has 4 aromatic rings. The highest BCUT2D eigenvalue weighted by Crippen LogP contribution is 2.33. The number of carbonyl (C=O) groups is 1. The van der Waals surface area contributed by atoms with Crippen molar-refractivity contribution in [2.24, 2.45) is 0 Å². The summed E-state index contributed by atoms with van der Waals surface area (Å²) in [6, 6.07) is 12.6. The van der Waals surface area contributed by atoms with Crippen LogP contribution in [0.4, 0.5) is 18.9 Å². The number of benzene rings is 2. The molecule has 0 saturated heterocycles. The van der Waals surface area contributed by atoms with Crippen LogP contribution in [0.3, 0.4) is 0 Å². The van der Waals surface area contributed by atoms with Gasteiger partial charge in [-0.05, 0) is 55.7 Å². The molecule has 0 radical (unpaired) electrons. The summed E-state index contributed by atoms with van der Waals surface area (Å²) in [5.41, 5.74) is 3.08. The minimum Gasteiger partial charge on any atom is -0.325 e. The van der Waals surface area contributed by atoms with Gasteiger partial charge in [0.25, 0.3) is 0 Å². The van der Waals surface area contributed by atoms with Gasteiger partial charge in [0.15, 0.2) is 10.8 Å². The number of thioether (sulfide) groups is 1. The lowest BCUT2D eigenvalue weighted by molar-refractivity contribution is -0.137. The Balaban J connectivity index is 1.65. The molecule has 1 amide bonds. The Morgan fingerprint density at radius 2 is 1.84 bits per heavy atom. The van der Waals surface area contributed by atoms with Gasteiger partial charge in [0.2, 0.25) is 5.91 Å². The standard InChI is InChI=1S/C23H21F3N4OS/c1-4-18(21(31)27-16-9-6-8-15(12-16)23(24,25)26)32-22-29-28-19-11-14(3)17-10-5-7-13(2)20(17)30(19)22/h5-12,18H,4H2,1-3H3,(H,27,31). The van der Waals surface area contributed by atoms with Crippen molar-refractivity contribution in [1.82, 2.24) is 14.6 Å². The molecule has 0 aliphatic rings. The number of anilines is 1. The van der Waals surface area contributed by atoms with E-state index < -0.39 is 17.0 Å². The molecule has 0 aliphatic carbocycles. The van der Waals surface area contributed by atoms with E-state index in [9.17, 15) is 18.0 Å². The number of aryl methyl sites for hydroxylation is 2. The quantitative estimate of drug-likeness (QED) is 0.371. The second-order valence-electron chi connectivity index (χ2n) is 7.56. The highest BCUT2D eigenvalue weighted by molar-refractivity contribution is 8.00. The zero-order chi connectivity index (χ0) is 23.0. The summed E-state index contributed by atoms with van der Waals surface area (Å²) in [5, 5.41) is 12.3. The van der Waals surface area contributed by atoms with Crippen molar-refractivity contribution in [2.45, 2.75) is 43.8 Å². The van der Waals surface area contributed by atoms with E-state index in [0.29, 0.717) is 17.2 Å². The Kier molecular flexibility index (Phi) is 5.85. The molecule has 2 aromatic carbocycles. The molecule has 0 saturated carbocycles. The molecule has 32 heavy (non-hydrogen) atoms. The van der Waals surface area contributed by atoms with E-state index in [0.717, 1.165) is 34.2 Å². The summed E-state index contributed by atoms with van der Waals surface area (Å²) in [7, 11) is 0. The van der Waals surface area contributed by atoms with Crippen LogP contribution in [-0.2, 0) is 11.0 Å². The number of halogens is 3. The van der Waals surface area contributed by atoms with Crippen molar-refractivity contribution in [3.05, 3.63) is 65.2 Å². The normalized spacial score (nSPS) is 12.9. The van der Waals surface area contributed by atoms with Gasteiger partial charge in [-0.2, -0.15) is 13.2 Å². The number of fused-ring (bicyclic) bond motifs is 3. The summed E-state index contributed by atoms with van der Waals surface area (Å²) in [5.74, 6) is -0.387. The highest BCUT2D eigenvalue weighted by atomic mass is 32.2. The average Bonchev–Trinajstić information content (AvgIpc) is 3.14. The summed E-state index contributed by atoms with van der Waals surface area (Å²) in [4.78, 5) is 12.9. The number of para-hydroxylation sites is 1. The van der Waals surface area contributed by atoms with Gasteiger partial charge < -0.3 is 5.32 Å². The van der Waals surface area contributed by atoms with Gasteiger partial charge in [0.05, 0.1) is 16.3 Å². The molecule has 166 valence electrons. The van der Waals surface area contributed by atoms with Crippen LogP contribution in [0.1, 0.15) is 30.0 Å². The first-order valence-corrected chi connectivity index (χ1v) is 11.0. The van der Waals surface area contributed by atoms with E-state index in [1.807, 2.05) is 49.4 Å². The van der Waals surface area contributed by atoms with Gasteiger partial charge in [0.1, 0.15) is 0 Å². The molecule has 0 aliphatic heterocycles. The first kappa shape index (κ1) is 22.1. The first-order valence-electron chi connectivity index (χ1n) is 10.1. The second kappa shape index (κ2) is 8.46. The largest absolute Gasteiger partial charge is 0.416 e. The van der Waals surface area contributed by atoms with Gasteiger partial charge in [0, 0.05) is 11.1 Å². The molecule has 5 nitrogen and oxygen atoms in total. The van der Waals surface area contributed by atoms with Crippen LogP contribution in [0.15, 0.2) is 53.7 Å². The molecule has 1 atom stereocenters. The fourth-order valence-corrected chi connectivity index (χ4v) is 4.62. The van der Waals surface area contributed by atoms with Crippen molar-refractivity contribution in [3.63, 3.8) is 0 Å². The zero-order valence-corrected chi connectivity index (χ0v) is 18.5. The monoisotopic (exact) mass is 458 g/mol. The predicted octanol–water partition coefficient (Wildman–Crippen LogP) is 6.03. The molecule has 1 unspecified atom stereocenters. The fraction of sp³-hybridized carbons (Fsp3) is 0.261. The van der Waals surface area contributed by atoms with E-state index in [1.54, 1.807) is 0 Å². The Labute approximate surface area is 187 Å². The lowest BCUT2D eigenvalue weighted by Gasteiger charge is -2.16. The fourth-order valence-electron chi connectivity index (χ4n) is 3.65. The molecule has 1 N–H and O–H groups in total. The van der Waals surface area contributed by atoms with E-state index in [2.05, 4.69) is 15.5 Å². The van der Waals surface area contributed by atoms with Crippen LogP contribution >= 0.6 is 11.8 Å². The maximum atomic E-state index is 13.0. The third-order valence-corrected chi connectivity index (χ3v) is 6.57. The Morgan fingerprint density at radius 1 is 1.09 bits per heavy atom. The van der Waals surface area contributed by atoms with Gasteiger partial charge in [-0.15, -0.1) is 10.2 Å². The number of hydrogen-bond donors (Lipinski definition) is 1. The number of amides is 1. The Morgan fingerprint density at radius 3 is 2.56 bits per heavy atom. The predicted molar refractivity (Wildman–Crippen MR) is 120 cm³/mol. The van der Waals surface area contributed by atoms with E-state index in [-0.39, 0.29) is 11.6 Å². The van der Waals surface area contributed by atoms with Gasteiger partial charge in [-0.1, -0.05) is 43.0 Å². The van der Waals surface area contributed by atoms with Crippen LogP contribution in [0, 0.1) is 13.8 Å². The molecule has 4 rings (SSSR count). The number of alkyl halides is 3. The first-order chi connectivity index (χ1) is 15.2. The van der Waals surface area contributed by atoms with Crippen LogP contribution in [0.5, 0.6) is 0 Å².